The highest BCUT2D eigenvalue weighted by atomic mass is 16.5. The van der Waals surface area contributed by atoms with Gasteiger partial charge in [-0.2, -0.15) is 15.2 Å². The van der Waals surface area contributed by atoms with Crippen molar-refractivity contribution in [3.63, 3.8) is 0 Å². The van der Waals surface area contributed by atoms with Crippen molar-refractivity contribution in [3.8, 4) is 17.8 Å². The largest absolute Gasteiger partial charge is 0.508 e. The molecule has 2 N–H and O–H groups in total. The Kier molecular flexibility index (Phi) is 6.98. The molecule has 2 atom stereocenters. The first-order chi connectivity index (χ1) is 19.0. The molecule has 2 aliphatic rings. The van der Waals surface area contributed by atoms with Gasteiger partial charge in [0.15, 0.2) is 5.82 Å². The van der Waals surface area contributed by atoms with Gasteiger partial charge in [-0.05, 0) is 54.9 Å². The molecule has 0 aliphatic carbocycles. The van der Waals surface area contributed by atoms with Crippen molar-refractivity contribution in [2.24, 2.45) is 7.05 Å². The number of benzene rings is 2. The number of piperazine rings is 1. The molecule has 6 rings (SSSR count). The zero-order valence-electron chi connectivity index (χ0n) is 22.6. The van der Waals surface area contributed by atoms with Crippen LogP contribution in [0, 0.1) is 11.3 Å². The number of aryl methyl sites for hydroxylation is 1. The number of phenols is 1. The first-order valence-electron chi connectivity index (χ1n) is 13.7. The fourth-order valence-corrected chi connectivity index (χ4v) is 6.09. The van der Waals surface area contributed by atoms with Gasteiger partial charge in [0.25, 0.3) is 0 Å². The number of aromatic nitrogens is 3. The summed E-state index contributed by atoms with van der Waals surface area (Å²) in [6.45, 7) is 3.91. The highest BCUT2D eigenvalue weighted by molar-refractivity contribution is 5.92. The van der Waals surface area contributed by atoms with Crippen molar-refractivity contribution in [1.29, 1.82) is 5.26 Å². The number of rotatable bonds is 7. The summed E-state index contributed by atoms with van der Waals surface area (Å²) < 4.78 is 8.37. The fraction of sp³-hybridized carbons (Fsp3) is 0.433. The Morgan fingerprint density at radius 1 is 1.15 bits per heavy atom. The average molecular weight is 526 g/mol. The van der Waals surface area contributed by atoms with E-state index in [0.717, 1.165) is 64.8 Å². The second-order valence-electron chi connectivity index (χ2n) is 10.8. The second-order valence-corrected chi connectivity index (χ2v) is 10.8. The third-order valence-corrected chi connectivity index (χ3v) is 8.13. The molecule has 0 spiro atoms. The van der Waals surface area contributed by atoms with Gasteiger partial charge in [0.1, 0.15) is 23.4 Å². The number of nitrogens with one attached hydrogen (secondary N) is 1. The summed E-state index contributed by atoms with van der Waals surface area (Å²) in [6.07, 6.45) is 5.47. The van der Waals surface area contributed by atoms with Crippen LogP contribution in [0.2, 0.25) is 0 Å². The van der Waals surface area contributed by atoms with Gasteiger partial charge in [-0.1, -0.05) is 24.3 Å². The van der Waals surface area contributed by atoms with Crippen molar-refractivity contribution in [2.75, 3.05) is 44.7 Å². The van der Waals surface area contributed by atoms with Gasteiger partial charge in [0.2, 0.25) is 0 Å². The predicted octanol–water partition coefficient (Wildman–Crippen LogP) is 3.58. The Morgan fingerprint density at radius 2 is 2.03 bits per heavy atom. The monoisotopic (exact) mass is 525 g/mol. The van der Waals surface area contributed by atoms with E-state index in [4.69, 9.17) is 14.7 Å². The van der Waals surface area contributed by atoms with E-state index in [2.05, 4.69) is 45.1 Å². The fourth-order valence-electron chi connectivity index (χ4n) is 6.09. The second kappa shape index (κ2) is 10.7. The Morgan fingerprint density at radius 3 is 2.85 bits per heavy atom. The lowest BCUT2D eigenvalue weighted by molar-refractivity contribution is 0.188. The lowest BCUT2D eigenvalue weighted by atomic mass is 9.99. The molecule has 2 aliphatic heterocycles. The molecule has 2 fully saturated rings. The number of likely N-dealkylation sites (tertiary alicyclic amines) is 1. The lowest BCUT2D eigenvalue weighted by Gasteiger charge is -2.34. The van der Waals surface area contributed by atoms with E-state index in [1.165, 1.54) is 6.42 Å². The van der Waals surface area contributed by atoms with Crippen LogP contribution in [0.3, 0.4) is 0 Å². The molecule has 9 nitrogen and oxygen atoms in total. The van der Waals surface area contributed by atoms with E-state index >= 15 is 0 Å². The minimum atomic E-state index is 0.0867. The zero-order chi connectivity index (χ0) is 26.9. The topological polar surface area (TPSA) is 102 Å². The first-order valence-corrected chi connectivity index (χ1v) is 13.7. The Hall–Kier alpha value is -3.87. The highest BCUT2D eigenvalue weighted by Gasteiger charge is 2.27. The zero-order valence-corrected chi connectivity index (χ0v) is 22.6. The van der Waals surface area contributed by atoms with Crippen molar-refractivity contribution in [2.45, 2.75) is 37.8 Å². The number of anilines is 1. The SMILES string of the molecule is CN1CCCC1COc1nc(N2CCNC(CC#N)C2)c2c(n1)c(Cc1cc(O)cc3ccccc13)cn2C. The molecule has 0 amide bonds. The molecule has 0 bridgehead atoms. The van der Waals surface area contributed by atoms with Gasteiger partial charge in [-0.15, -0.1) is 0 Å². The molecular weight excluding hydrogens is 490 g/mol. The highest BCUT2D eigenvalue weighted by Crippen LogP contribution is 2.34. The third kappa shape index (κ3) is 5.10. The van der Waals surface area contributed by atoms with Gasteiger partial charge in [0.05, 0.1) is 12.5 Å². The molecule has 2 saturated heterocycles. The normalized spacial score (nSPS) is 20.1. The van der Waals surface area contributed by atoms with E-state index < -0.39 is 0 Å². The smallest absolute Gasteiger partial charge is 0.319 e. The number of aromatic hydroxyl groups is 1. The van der Waals surface area contributed by atoms with Crippen molar-refractivity contribution >= 4 is 27.6 Å². The maximum Gasteiger partial charge on any atom is 0.319 e. The summed E-state index contributed by atoms with van der Waals surface area (Å²) in [6, 6.07) is 14.9. The average Bonchev–Trinajstić information content (AvgIpc) is 3.49. The van der Waals surface area contributed by atoms with Gasteiger partial charge in [-0.25, -0.2) is 0 Å². The molecule has 39 heavy (non-hydrogen) atoms. The predicted molar refractivity (Wildman–Crippen MR) is 152 cm³/mol. The van der Waals surface area contributed by atoms with E-state index in [0.29, 0.717) is 38.0 Å². The Bertz CT molecular complexity index is 1540. The number of nitrogens with zero attached hydrogens (tertiary/aromatic N) is 6. The summed E-state index contributed by atoms with van der Waals surface area (Å²) >= 11 is 0. The number of nitriles is 1. The molecule has 2 aromatic carbocycles. The number of likely N-dealkylation sites (N-methyl/N-ethyl adjacent to an activating group) is 1. The quantitative estimate of drug-likeness (QED) is 0.378. The van der Waals surface area contributed by atoms with Crippen molar-refractivity contribution < 1.29 is 9.84 Å². The lowest BCUT2D eigenvalue weighted by Crippen LogP contribution is -2.51. The number of hydrogen-bond donors (Lipinski definition) is 2. The van der Waals surface area contributed by atoms with Crippen LogP contribution in [-0.4, -0.2) is 76.5 Å². The molecular formula is C30H35N7O2. The summed E-state index contributed by atoms with van der Waals surface area (Å²) in [4.78, 5) is 14.5. The van der Waals surface area contributed by atoms with Crippen LogP contribution >= 0.6 is 0 Å². The molecule has 2 aromatic heterocycles. The van der Waals surface area contributed by atoms with Crippen LogP contribution in [0.4, 0.5) is 5.82 Å². The van der Waals surface area contributed by atoms with E-state index in [1.807, 2.05) is 31.3 Å². The van der Waals surface area contributed by atoms with Gasteiger partial charge < -0.3 is 29.5 Å². The van der Waals surface area contributed by atoms with Crippen LogP contribution in [0.1, 0.15) is 30.4 Å². The van der Waals surface area contributed by atoms with Crippen molar-refractivity contribution in [3.05, 3.63) is 53.7 Å². The van der Waals surface area contributed by atoms with Gasteiger partial charge in [-0.3, -0.25) is 0 Å². The van der Waals surface area contributed by atoms with Crippen LogP contribution < -0.4 is 15.0 Å². The van der Waals surface area contributed by atoms with Crippen molar-refractivity contribution in [1.82, 2.24) is 24.8 Å². The molecule has 4 heterocycles. The van der Waals surface area contributed by atoms with E-state index in [1.54, 1.807) is 6.07 Å². The molecule has 4 aromatic rings. The number of hydrogen-bond acceptors (Lipinski definition) is 8. The van der Waals surface area contributed by atoms with Gasteiger partial charge >= 0.3 is 6.01 Å². The maximum absolute atomic E-state index is 10.4. The van der Waals surface area contributed by atoms with Crippen LogP contribution in [0.25, 0.3) is 21.8 Å². The molecule has 9 heteroatoms. The Balaban J connectivity index is 1.42. The molecule has 202 valence electrons. The minimum Gasteiger partial charge on any atom is -0.508 e. The standard InChI is InChI=1S/C30H35N7O2/c1-35-12-5-7-24(35)19-39-30-33-27-22(14-21-16-25(38)15-20-6-3-4-8-26(20)21)17-36(2)28(27)29(34-30)37-13-11-32-23(18-37)9-10-31/h3-4,6,8,15-17,23-24,32,38H,5,7,9,11-14,18-19H2,1-2H3. The van der Waals surface area contributed by atoms with E-state index in [9.17, 15) is 10.4 Å². The van der Waals surface area contributed by atoms with Gasteiger partial charge in [0, 0.05) is 56.9 Å². The summed E-state index contributed by atoms with van der Waals surface area (Å²) in [7, 11) is 4.17. The van der Waals surface area contributed by atoms with E-state index in [-0.39, 0.29) is 11.8 Å². The van der Waals surface area contributed by atoms with Crippen LogP contribution in [0.5, 0.6) is 11.8 Å². The maximum atomic E-state index is 10.4. The summed E-state index contributed by atoms with van der Waals surface area (Å²) in [5.74, 6) is 1.10. The molecule has 2 unspecified atom stereocenters. The first kappa shape index (κ1) is 25.4. The Labute approximate surface area is 228 Å². The van der Waals surface area contributed by atoms with Crippen LogP contribution in [-0.2, 0) is 13.5 Å². The minimum absolute atomic E-state index is 0.0867. The molecule has 0 radical (unpaired) electrons. The summed E-state index contributed by atoms with van der Waals surface area (Å²) in [5.41, 5.74) is 3.92. The number of ether oxygens (including phenoxy) is 1. The number of phenolic OH excluding ortho intramolecular Hbond substituents is 1. The number of fused-ring (bicyclic) bond motifs is 2. The summed E-state index contributed by atoms with van der Waals surface area (Å²) in [5, 5.41) is 25.3. The molecule has 0 saturated carbocycles. The third-order valence-electron chi connectivity index (χ3n) is 8.13. The van der Waals surface area contributed by atoms with Crippen LogP contribution in [0.15, 0.2) is 42.6 Å².